The van der Waals surface area contributed by atoms with Crippen LogP contribution < -0.4 is 21.7 Å². The second-order valence-corrected chi connectivity index (χ2v) is 10.3. The number of phenolic OH excluding ortho intramolecular Hbond substituents is 1. The zero-order valence-corrected chi connectivity index (χ0v) is 24.4. The average molecular weight is 605 g/mol. The molecule has 12 heteroatoms. The van der Waals surface area contributed by atoms with Crippen molar-refractivity contribution < 1.29 is 38.9 Å². The predicted octanol–water partition coefficient (Wildman–Crippen LogP) is 1.95. The first-order valence-electron chi connectivity index (χ1n) is 14.0. The minimum absolute atomic E-state index is 0.000271. The van der Waals surface area contributed by atoms with Gasteiger partial charge in [-0.3, -0.25) is 19.7 Å². The van der Waals surface area contributed by atoms with Crippen molar-refractivity contribution in [2.45, 2.75) is 57.3 Å². The van der Waals surface area contributed by atoms with Crippen LogP contribution >= 0.6 is 0 Å². The number of benzene rings is 3. The van der Waals surface area contributed by atoms with Crippen molar-refractivity contribution in [3.63, 3.8) is 0 Å². The van der Waals surface area contributed by atoms with Crippen LogP contribution in [0.25, 0.3) is 0 Å². The number of nitrogens with one attached hydrogen (secondary N) is 3. The van der Waals surface area contributed by atoms with Crippen LogP contribution in [0.1, 0.15) is 41.8 Å². The smallest absolute Gasteiger partial charge is 0.345 e. The van der Waals surface area contributed by atoms with Gasteiger partial charge in [0.05, 0.1) is 11.6 Å². The SMILES string of the molecule is C[C@H](NC(=O)[C@H](C)N[C@@H](CCc1ccccc1)C(=O)O)C(=O)N[C@@H](Cc1ccc(O)cc1)C(=O)OC(=O)c1ccc(N)cc1. The third-order valence-corrected chi connectivity index (χ3v) is 6.78. The molecule has 4 atom stereocenters. The first-order valence-corrected chi connectivity index (χ1v) is 14.0. The molecule has 44 heavy (non-hydrogen) atoms. The summed E-state index contributed by atoms with van der Waals surface area (Å²) in [5.41, 5.74) is 7.63. The molecule has 3 aromatic rings. The summed E-state index contributed by atoms with van der Waals surface area (Å²) in [4.78, 5) is 63.3. The van der Waals surface area contributed by atoms with Gasteiger partial charge in [0.1, 0.15) is 23.9 Å². The Morgan fingerprint density at radius 2 is 1.39 bits per heavy atom. The van der Waals surface area contributed by atoms with Crippen LogP contribution in [0, 0.1) is 0 Å². The largest absolute Gasteiger partial charge is 0.508 e. The maximum atomic E-state index is 13.1. The summed E-state index contributed by atoms with van der Waals surface area (Å²) < 4.78 is 5.02. The number of aromatic hydroxyl groups is 1. The topological polar surface area (TPSA) is 197 Å². The van der Waals surface area contributed by atoms with E-state index in [9.17, 15) is 34.2 Å². The highest BCUT2D eigenvalue weighted by atomic mass is 16.6. The second-order valence-electron chi connectivity index (χ2n) is 10.3. The summed E-state index contributed by atoms with van der Waals surface area (Å²) in [5, 5.41) is 27.0. The summed E-state index contributed by atoms with van der Waals surface area (Å²) in [6.45, 7) is 2.87. The molecule has 0 fully saturated rings. The molecule has 0 aliphatic heterocycles. The lowest BCUT2D eigenvalue weighted by molar-refractivity contribution is -0.143. The summed E-state index contributed by atoms with van der Waals surface area (Å²) in [7, 11) is 0. The van der Waals surface area contributed by atoms with E-state index in [0.29, 0.717) is 17.7 Å². The lowest BCUT2D eigenvalue weighted by Gasteiger charge is -2.23. The fourth-order valence-electron chi connectivity index (χ4n) is 4.21. The highest BCUT2D eigenvalue weighted by Gasteiger charge is 2.29. The van der Waals surface area contributed by atoms with Crippen molar-refractivity contribution in [2.75, 3.05) is 5.73 Å². The Labute approximate surface area is 254 Å². The van der Waals surface area contributed by atoms with Crippen LogP contribution in [0.4, 0.5) is 5.69 Å². The standard InChI is InChI=1S/C32H36N4O8/c1-19(34-26(30(40)41)17-10-21-6-4-3-5-7-21)28(38)35-20(2)29(39)36-27(18-22-8-15-25(37)16-9-22)32(43)44-31(42)23-11-13-24(33)14-12-23/h3-9,11-16,19-20,26-27,34,37H,10,17-18,33H2,1-2H3,(H,35,38)(H,36,39)(H,40,41)/t19-,20-,26-,27-/m0/s1. The quantitative estimate of drug-likeness (QED) is 0.0899. The lowest BCUT2D eigenvalue weighted by atomic mass is 10.0. The minimum atomic E-state index is -1.32. The summed E-state index contributed by atoms with van der Waals surface area (Å²) >= 11 is 0. The molecule has 0 aliphatic carbocycles. The molecule has 232 valence electrons. The van der Waals surface area contributed by atoms with Crippen LogP contribution in [0.15, 0.2) is 78.9 Å². The van der Waals surface area contributed by atoms with Crippen LogP contribution in [0.3, 0.4) is 0 Å². The molecule has 0 saturated heterocycles. The zero-order chi connectivity index (χ0) is 32.2. The highest BCUT2D eigenvalue weighted by Crippen LogP contribution is 2.14. The molecule has 0 radical (unpaired) electrons. The molecule has 3 rings (SSSR count). The van der Waals surface area contributed by atoms with E-state index in [0.717, 1.165) is 5.56 Å². The monoisotopic (exact) mass is 604 g/mol. The molecule has 3 aromatic carbocycles. The summed E-state index contributed by atoms with van der Waals surface area (Å²) in [5.74, 6) is -4.47. The van der Waals surface area contributed by atoms with Crippen LogP contribution in [0.5, 0.6) is 5.75 Å². The van der Waals surface area contributed by atoms with Crippen LogP contribution in [-0.2, 0) is 36.8 Å². The molecule has 0 unspecified atom stereocenters. The van der Waals surface area contributed by atoms with E-state index in [4.69, 9.17) is 10.5 Å². The van der Waals surface area contributed by atoms with Gasteiger partial charge in [-0.15, -0.1) is 0 Å². The Balaban J connectivity index is 1.62. The van der Waals surface area contributed by atoms with Gasteiger partial charge < -0.3 is 31.3 Å². The van der Waals surface area contributed by atoms with Crippen molar-refractivity contribution in [3.8, 4) is 5.75 Å². The first kappa shape index (κ1) is 33.3. The molecule has 12 nitrogen and oxygen atoms in total. The second kappa shape index (κ2) is 15.8. The van der Waals surface area contributed by atoms with E-state index in [2.05, 4.69) is 16.0 Å². The number of rotatable bonds is 14. The number of ether oxygens (including phenoxy) is 1. The first-order chi connectivity index (χ1) is 20.9. The Morgan fingerprint density at radius 3 is 2.00 bits per heavy atom. The van der Waals surface area contributed by atoms with Crippen molar-refractivity contribution in [1.29, 1.82) is 0 Å². The number of aryl methyl sites for hydroxylation is 1. The van der Waals surface area contributed by atoms with Crippen LogP contribution in [-0.4, -0.2) is 64.1 Å². The molecule has 0 bridgehead atoms. The average Bonchev–Trinajstić information content (AvgIpc) is 3.00. The van der Waals surface area contributed by atoms with Crippen molar-refractivity contribution in [2.24, 2.45) is 0 Å². The van der Waals surface area contributed by atoms with Crippen molar-refractivity contribution in [1.82, 2.24) is 16.0 Å². The van der Waals surface area contributed by atoms with E-state index in [1.54, 1.807) is 12.1 Å². The number of esters is 2. The number of amides is 2. The number of anilines is 1. The number of nitrogens with two attached hydrogens (primary N) is 1. The normalized spacial score (nSPS) is 13.5. The van der Waals surface area contributed by atoms with E-state index in [-0.39, 0.29) is 24.2 Å². The number of hydrogen-bond acceptors (Lipinski definition) is 9. The van der Waals surface area contributed by atoms with Gasteiger partial charge in [-0.2, -0.15) is 0 Å². The Bertz CT molecular complexity index is 1450. The lowest BCUT2D eigenvalue weighted by Crippen LogP contribution is -2.55. The van der Waals surface area contributed by atoms with Gasteiger partial charge in [-0.1, -0.05) is 42.5 Å². The molecule has 0 aromatic heterocycles. The summed E-state index contributed by atoms with van der Waals surface area (Å²) in [6.07, 6.45) is 0.640. The Morgan fingerprint density at radius 1 is 0.773 bits per heavy atom. The zero-order valence-electron chi connectivity index (χ0n) is 24.4. The number of hydrogen-bond donors (Lipinski definition) is 6. The van der Waals surface area contributed by atoms with E-state index >= 15 is 0 Å². The van der Waals surface area contributed by atoms with E-state index < -0.39 is 53.9 Å². The summed E-state index contributed by atoms with van der Waals surface area (Å²) in [6, 6.07) is 16.5. The van der Waals surface area contributed by atoms with Gasteiger partial charge in [-0.25, -0.2) is 9.59 Å². The third kappa shape index (κ3) is 10.2. The Kier molecular flexibility index (Phi) is 12.0. The fourth-order valence-corrected chi connectivity index (χ4v) is 4.21. The van der Waals surface area contributed by atoms with Gasteiger partial charge in [0, 0.05) is 12.1 Å². The molecule has 0 saturated carbocycles. The van der Waals surface area contributed by atoms with Crippen molar-refractivity contribution >= 4 is 35.4 Å². The van der Waals surface area contributed by atoms with Gasteiger partial charge >= 0.3 is 17.9 Å². The molecule has 0 aliphatic rings. The predicted molar refractivity (Wildman–Crippen MR) is 161 cm³/mol. The molecule has 0 spiro atoms. The number of carbonyl (C=O) groups is 5. The minimum Gasteiger partial charge on any atom is -0.508 e. The molecular formula is C32H36N4O8. The number of carbonyl (C=O) groups excluding carboxylic acids is 4. The number of aliphatic carboxylic acids is 1. The van der Waals surface area contributed by atoms with Gasteiger partial charge in [0.15, 0.2) is 0 Å². The molecule has 7 N–H and O–H groups in total. The van der Waals surface area contributed by atoms with Gasteiger partial charge in [0.25, 0.3) is 0 Å². The third-order valence-electron chi connectivity index (χ3n) is 6.78. The number of nitrogen functional groups attached to an aromatic ring is 1. The maximum absolute atomic E-state index is 13.1. The van der Waals surface area contributed by atoms with E-state index in [1.807, 2.05) is 30.3 Å². The highest BCUT2D eigenvalue weighted by molar-refractivity contribution is 5.99. The molecule has 2 amide bonds. The maximum Gasteiger partial charge on any atom is 0.345 e. The molecule has 0 heterocycles. The number of phenols is 1. The number of carboxylic acid groups (broad SMARTS) is 1. The van der Waals surface area contributed by atoms with E-state index in [1.165, 1.54) is 50.2 Å². The van der Waals surface area contributed by atoms with Crippen LogP contribution in [0.2, 0.25) is 0 Å². The molecular weight excluding hydrogens is 568 g/mol. The fraction of sp³-hybridized carbons (Fsp3) is 0.281. The van der Waals surface area contributed by atoms with Gasteiger partial charge in [-0.05, 0) is 74.2 Å². The van der Waals surface area contributed by atoms with Gasteiger partial charge in [0.2, 0.25) is 11.8 Å². The number of carboxylic acids is 1. The van der Waals surface area contributed by atoms with Crippen molar-refractivity contribution in [3.05, 3.63) is 95.6 Å². The Hall–Kier alpha value is -5.23.